The summed E-state index contributed by atoms with van der Waals surface area (Å²) in [5.41, 5.74) is 0.100. The number of likely N-dealkylation sites (tertiary alicyclic amines) is 1. The summed E-state index contributed by atoms with van der Waals surface area (Å²) >= 11 is 0. The van der Waals surface area contributed by atoms with Gasteiger partial charge < -0.3 is 9.84 Å². The van der Waals surface area contributed by atoms with Crippen LogP contribution in [0.5, 0.6) is 5.75 Å². The second kappa shape index (κ2) is 8.22. The first kappa shape index (κ1) is 20.2. The molecule has 1 aliphatic rings. The molecule has 4 nitrogen and oxygen atoms in total. The van der Waals surface area contributed by atoms with Crippen molar-refractivity contribution in [2.75, 3.05) is 20.2 Å². The normalized spacial score (nSPS) is 19.2. The fraction of sp³-hybridized carbons (Fsp3) is 0.381. The van der Waals surface area contributed by atoms with Crippen molar-refractivity contribution in [3.05, 3.63) is 65.2 Å². The Balaban J connectivity index is 2.08. The molecule has 7 heteroatoms. The van der Waals surface area contributed by atoms with Gasteiger partial charge in [-0.15, -0.1) is 0 Å². The van der Waals surface area contributed by atoms with E-state index >= 15 is 0 Å². The third-order valence-corrected chi connectivity index (χ3v) is 5.16. The summed E-state index contributed by atoms with van der Waals surface area (Å²) in [6, 6.07) is 11.7. The number of ether oxygens (including phenoxy) is 1. The summed E-state index contributed by atoms with van der Waals surface area (Å²) in [6.45, 7) is 0.741. The lowest BCUT2D eigenvalue weighted by molar-refractivity contribution is -0.144. The first-order valence-electron chi connectivity index (χ1n) is 9.08. The molecule has 0 aromatic heterocycles. The average molecular weight is 393 g/mol. The van der Waals surface area contributed by atoms with Crippen molar-refractivity contribution >= 4 is 5.97 Å². The minimum Gasteiger partial charge on any atom is -0.497 e. The van der Waals surface area contributed by atoms with E-state index in [-0.39, 0.29) is 12.1 Å². The largest absolute Gasteiger partial charge is 0.497 e. The minimum atomic E-state index is -4.50. The Morgan fingerprint density at radius 3 is 2.46 bits per heavy atom. The second-order valence-electron chi connectivity index (χ2n) is 6.93. The lowest BCUT2D eigenvalue weighted by atomic mass is 9.89. The summed E-state index contributed by atoms with van der Waals surface area (Å²) in [4.78, 5) is 13.3. The maximum absolute atomic E-state index is 13.7. The molecule has 1 aliphatic heterocycles. The summed E-state index contributed by atoms with van der Waals surface area (Å²) < 4.78 is 46.2. The highest BCUT2D eigenvalue weighted by atomic mass is 19.4. The fourth-order valence-electron chi connectivity index (χ4n) is 3.81. The molecule has 0 radical (unpaired) electrons. The molecule has 1 heterocycles. The van der Waals surface area contributed by atoms with E-state index in [0.717, 1.165) is 6.07 Å². The SMILES string of the molecule is COc1ccc(C(c2ccccc2C(F)(F)F)N2CCCC(C(=O)O)C2)cc1. The standard InChI is InChI=1S/C21H22F3NO3/c1-28-16-10-8-14(9-11-16)19(25-12-4-5-15(13-25)20(26)27)17-6-2-3-7-18(17)21(22,23)24/h2-3,6-11,15,19H,4-5,12-13H2,1H3,(H,26,27). The quantitative estimate of drug-likeness (QED) is 0.807. The molecular weight excluding hydrogens is 371 g/mol. The molecule has 0 amide bonds. The van der Waals surface area contributed by atoms with Crippen LogP contribution in [0.15, 0.2) is 48.5 Å². The number of rotatable bonds is 5. The zero-order chi connectivity index (χ0) is 20.3. The van der Waals surface area contributed by atoms with E-state index < -0.39 is 29.7 Å². The molecule has 28 heavy (non-hydrogen) atoms. The number of carboxylic acid groups (broad SMARTS) is 1. The Bertz CT molecular complexity index is 820. The number of methoxy groups -OCH3 is 1. The molecule has 0 aliphatic carbocycles. The van der Waals surface area contributed by atoms with Crippen LogP contribution in [0.25, 0.3) is 0 Å². The van der Waals surface area contributed by atoms with Gasteiger partial charge in [0.1, 0.15) is 5.75 Å². The van der Waals surface area contributed by atoms with E-state index in [9.17, 15) is 23.1 Å². The van der Waals surface area contributed by atoms with Crippen LogP contribution in [0, 0.1) is 5.92 Å². The van der Waals surface area contributed by atoms with Crippen molar-refractivity contribution in [3.63, 3.8) is 0 Å². The molecule has 2 aromatic carbocycles. The van der Waals surface area contributed by atoms with Gasteiger partial charge in [0.05, 0.1) is 24.6 Å². The van der Waals surface area contributed by atoms with E-state index in [1.807, 2.05) is 4.90 Å². The van der Waals surface area contributed by atoms with Gasteiger partial charge in [-0.1, -0.05) is 30.3 Å². The summed E-state index contributed by atoms with van der Waals surface area (Å²) in [7, 11) is 1.52. The number of alkyl halides is 3. The van der Waals surface area contributed by atoms with Gasteiger partial charge in [-0.05, 0) is 48.7 Å². The molecule has 0 saturated carbocycles. The maximum atomic E-state index is 13.7. The van der Waals surface area contributed by atoms with Crippen molar-refractivity contribution in [1.29, 1.82) is 0 Å². The van der Waals surface area contributed by atoms with Gasteiger partial charge in [-0.25, -0.2) is 0 Å². The highest BCUT2D eigenvalue weighted by Crippen LogP contribution is 2.40. The summed E-state index contributed by atoms with van der Waals surface area (Å²) in [6.07, 6.45) is -3.34. The lowest BCUT2D eigenvalue weighted by Gasteiger charge is -2.38. The Kier molecular flexibility index (Phi) is 5.93. The topological polar surface area (TPSA) is 49.8 Å². The number of carboxylic acids is 1. The number of piperidine rings is 1. The van der Waals surface area contributed by atoms with Crippen LogP contribution >= 0.6 is 0 Å². The van der Waals surface area contributed by atoms with Gasteiger partial charge in [0.2, 0.25) is 0 Å². The van der Waals surface area contributed by atoms with Crippen molar-refractivity contribution in [2.45, 2.75) is 25.1 Å². The zero-order valence-corrected chi connectivity index (χ0v) is 15.4. The zero-order valence-electron chi connectivity index (χ0n) is 15.4. The fourth-order valence-corrected chi connectivity index (χ4v) is 3.81. The molecule has 1 saturated heterocycles. The van der Waals surface area contributed by atoms with Gasteiger partial charge in [0, 0.05) is 6.54 Å². The van der Waals surface area contributed by atoms with E-state index in [0.29, 0.717) is 30.7 Å². The maximum Gasteiger partial charge on any atom is 0.416 e. The second-order valence-corrected chi connectivity index (χ2v) is 6.93. The molecule has 2 atom stereocenters. The Morgan fingerprint density at radius 1 is 1.18 bits per heavy atom. The highest BCUT2D eigenvalue weighted by Gasteiger charge is 2.38. The monoisotopic (exact) mass is 393 g/mol. The third kappa shape index (κ3) is 4.30. The summed E-state index contributed by atoms with van der Waals surface area (Å²) in [5.74, 6) is -0.900. The van der Waals surface area contributed by atoms with Crippen LogP contribution in [0.3, 0.4) is 0 Å². The van der Waals surface area contributed by atoms with Crippen LogP contribution in [0.1, 0.15) is 35.6 Å². The van der Waals surface area contributed by atoms with E-state index in [1.165, 1.54) is 19.2 Å². The molecule has 1 N–H and O–H groups in total. The van der Waals surface area contributed by atoms with Crippen LogP contribution in [-0.4, -0.2) is 36.2 Å². The Labute approximate surface area is 161 Å². The number of aliphatic carboxylic acids is 1. The van der Waals surface area contributed by atoms with E-state index in [2.05, 4.69) is 0 Å². The van der Waals surface area contributed by atoms with E-state index in [1.54, 1.807) is 30.3 Å². The number of hydrogen-bond acceptors (Lipinski definition) is 3. The molecule has 2 aromatic rings. The first-order chi connectivity index (χ1) is 13.3. The van der Waals surface area contributed by atoms with Crippen molar-refractivity contribution in [2.24, 2.45) is 5.92 Å². The number of benzene rings is 2. The molecular formula is C21H22F3NO3. The van der Waals surface area contributed by atoms with Gasteiger partial charge in [0.15, 0.2) is 0 Å². The van der Waals surface area contributed by atoms with Gasteiger partial charge in [-0.2, -0.15) is 13.2 Å². The van der Waals surface area contributed by atoms with Crippen molar-refractivity contribution < 1.29 is 27.8 Å². The van der Waals surface area contributed by atoms with Crippen LogP contribution in [0.4, 0.5) is 13.2 Å². The predicted octanol–water partition coefficient (Wildman–Crippen LogP) is 4.60. The Morgan fingerprint density at radius 2 is 1.86 bits per heavy atom. The minimum absolute atomic E-state index is 0.131. The average Bonchev–Trinajstić information content (AvgIpc) is 2.68. The van der Waals surface area contributed by atoms with Crippen LogP contribution in [0.2, 0.25) is 0 Å². The molecule has 3 rings (SSSR count). The lowest BCUT2D eigenvalue weighted by Crippen LogP contribution is -2.41. The van der Waals surface area contributed by atoms with Gasteiger partial charge in [-0.3, -0.25) is 9.69 Å². The van der Waals surface area contributed by atoms with Gasteiger partial charge >= 0.3 is 12.1 Å². The summed E-state index contributed by atoms with van der Waals surface area (Å²) in [5, 5.41) is 9.41. The Hall–Kier alpha value is -2.54. The molecule has 1 fully saturated rings. The van der Waals surface area contributed by atoms with Gasteiger partial charge in [0.25, 0.3) is 0 Å². The number of carbonyl (C=O) groups is 1. The first-order valence-corrected chi connectivity index (χ1v) is 9.08. The van der Waals surface area contributed by atoms with Crippen LogP contribution < -0.4 is 4.74 Å². The molecule has 2 unspecified atom stereocenters. The highest BCUT2D eigenvalue weighted by molar-refractivity contribution is 5.70. The number of halogens is 3. The molecule has 0 spiro atoms. The van der Waals surface area contributed by atoms with Crippen molar-refractivity contribution in [1.82, 2.24) is 4.90 Å². The molecule has 0 bridgehead atoms. The van der Waals surface area contributed by atoms with Crippen molar-refractivity contribution in [3.8, 4) is 5.75 Å². The number of hydrogen-bond donors (Lipinski definition) is 1. The molecule has 150 valence electrons. The number of nitrogens with zero attached hydrogens (tertiary/aromatic N) is 1. The van der Waals surface area contributed by atoms with E-state index in [4.69, 9.17) is 4.74 Å². The smallest absolute Gasteiger partial charge is 0.416 e. The third-order valence-electron chi connectivity index (χ3n) is 5.16. The van der Waals surface area contributed by atoms with Crippen LogP contribution in [-0.2, 0) is 11.0 Å². The predicted molar refractivity (Wildman–Crippen MR) is 98.2 cm³/mol.